The Balaban J connectivity index is 1.39. The quantitative estimate of drug-likeness (QED) is 0.338. The van der Waals surface area contributed by atoms with Gasteiger partial charge < -0.3 is 15.0 Å². The molecule has 1 heterocycles. The summed E-state index contributed by atoms with van der Waals surface area (Å²) in [6, 6.07) is 14.6. The average molecular weight is 518 g/mol. The summed E-state index contributed by atoms with van der Waals surface area (Å²) in [4.78, 5) is 41.7. The monoisotopic (exact) mass is 517 g/mol. The minimum Gasteiger partial charge on any atom is -0.481 e. The maximum atomic E-state index is 12.8. The van der Waals surface area contributed by atoms with Crippen molar-refractivity contribution in [2.75, 3.05) is 5.32 Å². The number of carbonyl (C=O) groups excluding carboxylic acids is 2. The standard InChI is InChI=1S/C31H39N3O4/c35-29-15-11-6-4-2-1-3-5-8-14-24(29)16-19-30(36)33-25-17-18-27-26(20-25)32-22-34(27)28(21-31(37)38)23-12-9-7-10-13-23/h7,9-10,12-13,17-18,20,22,24,28H,1-6,8,11,14-16,19,21H2,(H,33,36)(H,37,38). The van der Waals surface area contributed by atoms with Gasteiger partial charge in [0.1, 0.15) is 5.78 Å². The first-order chi connectivity index (χ1) is 18.5. The third-order valence-electron chi connectivity index (χ3n) is 7.65. The zero-order valence-corrected chi connectivity index (χ0v) is 22.1. The number of amides is 1. The van der Waals surface area contributed by atoms with Crippen LogP contribution in [0.25, 0.3) is 11.0 Å². The molecule has 202 valence electrons. The third kappa shape index (κ3) is 7.76. The number of Topliss-reactive ketones (excluding diaryl/α,β-unsaturated/α-hetero) is 1. The van der Waals surface area contributed by atoms with Crippen LogP contribution in [-0.2, 0) is 14.4 Å². The van der Waals surface area contributed by atoms with Crippen molar-refractivity contribution >= 4 is 34.4 Å². The molecule has 1 fully saturated rings. The van der Waals surface area contributed by atoms with Crippen LogP contribution < -0.4 is 5.32 Å². The highest BCUT2D eigenvalue weighted by Gasteiger charge is 2.21. The van der Waals surface area contributed by atoms with Crippen LogP contribution in [-0.4, -0.2) is 32.3 Å². The number of aliphatic carboxylic acids is 1. The van der Waals surface area contributed by atoms with Crippen LogP contribution in [0.3, 0.4) is 0 Å². The van der Waals surface area contributed by atoms with Gasteiger partial charge in [0.15, 0.2) is 0 Å². The van der Waals surface area contributed by atoms with Crippen LogP contribution in [0.2, 0.25) is 0 Å². The van der Waals surface area contributed by atoms with Crippen molar-refractivity contribution in [3.8, 4) is 0 Å². The Kier molecular flexibility index (Phi) is 10.1. The number of nitrogens with one attached hydrogen (secondary N) is 1. The first-order valence-corrected chi connectivity index (χ1v) is 14.1. The highest BCUT2D eigenvalue weighted by atomic mass is 16.4. The predicted molar refractivity (Wildman–Crippen MR) is 149 cm³/mol. The van der Waals surface area contributed by atoms with E-state index < -0.39 is 5.97 Å². The van der Waals surface area contributed by atoms with Gasteiger partial charge in [0.2, 0.25) is 5.91 Å². The second-order valence-electron chi connectivity index (χ2n) is 10.5. The molecule has 2 N–H and O–H groups in total. The number of fused-ring (bicyclic) bond motifs is 1. The lowest BCUT2D eigenvalue weighted by atomic mass is 9.88. The molecule has 7 nitrogen and oxygen atoms in total. The molecule has 4 rings (SSSR count). The molecule has 1 saturated carbocycles. The van der Waals surface area contributed by atoms with Crippen molar-refractivity contribution in [1.29, 1.82) is 0 Å². The molecule has 2 atom stereocenters. The van der Waals surface area contributed by atoms with Crippen molar-refractivity contribution in [2.45, 2.75) is 89.5 Å². The van der Waals surface area contributed by atoms with E-state index in [1.54, 1.807) is 6.33 Å². The molecule has 2 unspecified atom stereocenters. The summed E-state index contributed by atoms with van der Waals surface area (Å²) < 4.78 is 1.87. The van der Waals surface area contributed by atoms with Gasteiger partial charge in [0, 0.05) is 24.4 Å². The summed E-state index contributed by atoms with van der Waals surface area (Å²) >= 11 is 0. The number of ketones is 1. The number of hydrogen-bond donors (Lipinski definition) is 2. The number of anilines is 1. The highest BCUT2D eigenvalue weighted by Crippen LogP contribution is 2.28. The Labute approximate surface area is 224 Å². The second kappa shape index (κ2) is 13.9. The summed E-state index contributed by atoms with van der Waals surface area (Å²) in [7, 11) is 0. The van der Waals surface area contributed by atoms with E-state index >= 15 is 0 Å². The lowest BCUT2D eigenvalue weighted by Gasteiger charge is -2.18. The molecule has 0 aliphatic heterocycles. The molecule has 7 heteroatoms. The molecule has 38 heavy (non-hydrogen) atoms. The van der Waals surface area contributed by atoms with Crippen LogP contribution in [0.4, 0.5) is 5.69 Å². The van der Waals surface area contributed by atoms with Gasteiger partial charge in [-0.2, -0.15) is 0 Å². The van der Waals surface area contributed by atoms with Gasteiger partial charge in [-0.3, -0.25) is 14.4 Å². The molecule has 1 aromatic heterocycles. The number of carboxylic acid groups (broad SMARTS) is 1. The Morgan fingerprint density at radius 2 is 1.68 bits per heavy atom. The third-order valence-corrected chi connectivity index (χ3v) is 7.65. The average Bonchev–Trinajstić information content (AvgIpc) is 3.32. The van der Waals surface area contributed by atoms with E-state index in [0.717, 1.165) is 36.8 Å². The molecule has 1 aliphatic carbocycles. The molecule has 0 spiro atoms. The van der Waals surface area contributed by atoms with E-state index in [2.05, 4.69) is 10.3 Å². The zero-order chi connectivity index (χ0) is 26.7. The van der Waals surface area contributed by atoms with Gasteiger partial charge in [-0.1, -0.05) is 75.3 Å². The molecule has 0 radical (unpaired) electrons. The van der Waals surface area contributed by atoms with Crippen molar-refractivity contribution in [3.63, 3.8) is 0 Å². The summed E-state index contributed by atoms with van der Waals surface area (Å²) in [5.74, 6) is -0.692. The Bertz CT molecular complexity index is 1220. The van der Waals surface area contributed by atoms with Crippen molar-refractivity contribution in [3.05, 3.63) is 60.4 Å². The molecule has 0 saturated heterocycles. The Morgan fingerprint density at radius 1 is 0.974 bits per heavy atom. The molecule has 0 bridgehead atoms. The minimum atomic E-state index is -0.885. The van der Waals surface area contributed by atoms with Crippen LogP contribution in [0.15, 0.2) is 54.9 Å². The molecule has 1 aliphatic rings. The van der Waals surface area contributed by atoms with Gasteiger partial charge >= 0.3 is 5.97 Å². The second-order valence-corrected chi connectivity index (χ2v) is 10.5. The summed E-state index contributed by atoms with van der Waals surface area (Å²) in [5, 5.41) is 12.5. The first kappa shape index (κ1) is 27.6. The normalized spacial score (nSPS) is 18.3. The topological polar surface area (TPSA) is 101 Å². The molecular weight excluding hydrogens is 478 g/mol. The van der Waals surface area contributed by atoms with E-state index in [1.807, 2.05) is 53.1 Å². The number of carbonyl (C=O) groups is 3. The van der Waals surface area contributed by atoms with Crippen molar-refractivity contribution in [1.82, 2.24) is 9.55 Å². The number of imidazole rings is 1. The van der Waals surface area contributed by atoms with Crippen LogP contribution in [0.5, 0.6) is 0 Å². The predicted octanol–water partition coefficient (Wildman–Crippen LogP) is 6.92. The molecule has 1 amide bonds. The lowest BCUT2D eigenvalue weighted by Crippen LogP contribution is -2.19. The van der Waals surface area contributed by atoms with Gasteiger partial charge in [0.25, 0.3) is 0 Å². The molecular formula is C31H39N3O4. The van der Waals surface area contributed by atoms with E-state index in [9.17, 15) is 19.5 Å². The van der Waals surface area contributed by atoms with Crippen LogP contribution in [0, 0.1) is 5.92 Å². The smallest absolute Gasteiger partial charge is 0.305 e. The van der Waals surface area contributed by atoms with Crippen LogP contribution in [0.1, 0.15) is 95.1 Å². The Morgan fingerprint density at radius 3 is 2.42 bits per heavy atom. The number of hydrogen-bond acceptors (Lipinski definition) is 4. The first-order valence-electron chi connectivity index (χ1n) is 14.1. The zero-order valence-electron chi connectivity index (χ0n) is 22.1. The van der Waals surface area contributed by atoms with Gasteiger partial charge in [-0.05, 0) is 43.0 Å². The number of rotatable bonds is 8. The highest BCUT2D eigenvalue weighted by molar-refractivity contribution is 5.93. The fraction of sp³-hybridized carbons (Fsp3) is 0.484. The lowest BCUT2D eigenvalue weighted by molar-refractivity contribution is -0.137. The molecule has 3 aromatic rings. The van der Waals surface area contributed by atoms with E-state index in [4.69, 9.17) is 0 Å². The van der Waals surface area contributed by atoms with Gasteiger partial charge in [-0.25, -0.2) is 4.98 Å². The maximum Gasteiger partial charge on any atom is 0.305 e. The number of nitrogens with zero attached hydrogens (tertiary/aromatic N) is 2. The van der Waals surface area contributed by atoms with E-state index in [0.29, 0.717) is 36.2 Å². The van der Waals surface area contributed by atoms with E-state index in [-0.39, 0.29) is 24.3 Å². The fourth-order valence-electron chi connectivity index (χ4n) is 5.53. The summed E-state index contributed by atoms with van der Waals surface area (Å²) in [6.45, 7) is 0. The largest absolute Gasteiger partial charge is 0.481 e. The number of carboxylic acids is 1. The maximum absolute atomic E-state index is 12.8. The SMILES string of the molecule is O=C(O)CC(c1ccccc1)n1cnc2cc(NC(=O)CCC3CCCCCCCCCCC3=O)ccc21. The summed E-state index contributed by atoms with van der Waals surface area (Å²) in [6.07, 6.45) is 13.4. The van der Waals surface area contributed by atoms with Crippen LogP contribution >= 0.6 is 0 Å². The fourth-order valence-corrected chi connectivity index (χ4v) is 5.53. The summed E-state index contributed by atoms with van der Waals surface area (Å²) in [5.41, 5.74) is 3.03. The van der Waals surface area contributed by atoms with Gasteiger partial charge in [0.05, 0.1) is 29.8 Å². The van der Waals surface area contributed by atoms with Crippen molar-refractivity contribution < 1.29 is 19.5 Å². The molecule has 2 aromatic carbocycles. The van der Waals surface area contributed by atoms with Crippen molar-refractivity contribution in [2.24, 2.45) is 5.92 Å². The number of benzene rings is 2. The Hall–Kier alpha value is -3.48. The minimum absolute atomic E-state index is 0.0255. The van der Waals surface area contributed by atoms with E-state index in [1.165, 1.54) is 32.1 Å². The number of aromatic nitrogens is 2. The van der Waals surface area contributed by atoms with Gasteiger partial charge in [-0.15, -0.1) is 0 Å².